The summed E-state index contributed by atoms with van der Waals surface area (Å²) in [6.45, 7) is 10.2. The van der Waals surface area contributed by atoms with Gasteiger partial charge in [0.15, 0.2) is 22.4 Å². The summed E-state index contributed by atoms with van der Waals surface area (Å²) in [5.74, 6) is -0.337. The van der Waals surface area contributed by atoms with E-state index in [-0.39, 0.29) is 22.2 Å². The van der Waals surface area contributed by atoms with E-state index in [2.05, 4.69) is 18.8 Å². The fraction of sp³-hybridized carbons (Fsp3) is 0.297. The highest BCUT2D eigenvalue weighted by molar-refractivity contribution is 7.18. The summed E-state index contributed by atoms with van der Waals surface area (Å²) in [6, 6.07) is 18.8. The number of methoxy groups -OCH3 is 1. The van der Waals surface area contributed by atoms with Crippen molar-refractivity contribution in [2.24, 2.45) is 5.92 Å². The molecular weight excluding hydrogens is 616 g/mol. The van der Waals surface area contributed by atoms with Crippen molar-refractivity contribution in [2.45, 2.75) is 53.7 Å². The minimum atomic E-state index is -1.06. The molecule has 10 heteroatoms. The van der Waals surface area contributed by atoms with Gasteiger partial charge in [-0.25, -0.2) is 4.98 Å². The molecule has 1 atom stereocenters. The SMILES string of the molecule is COc1cc(C2C(=C(O)c3ccc(OCc4cccc(C)c4)cc3)C(=O)C(=O)N2c2nc(C)c(C(C)=O)s2)ccc1OCCC(C)C. The molecule has 0 radical (unpaired) electrons. The molecule has 1 amide bonds. The number of rotatable bonds is 12. The molecule has 244 valence electrons. The number of hydrogen-bond acceptors (Lipinski definition) is 9. The minimum absolute atomic E-state index is 0.115. The second kappa shape index (κ2) is 14.2. The Morgan fingerprint density at radius 3 is 2.38 bits per heavy atom. The molecule has 0 saturated carbocycles. The molecule has 1 fully saturated rings. The number of thiazole rings is 1. The van der Waals surface area contributed by atoms with Crippen LogP contribution in [-0.2, 0) is 16.2 Å². The van der Waals surface area contributed by atoms with Gasteiger partial charge in [0.2, 0.25) is 0 Å². The summed E-state index contributed by atoms with van der Waals surface area (Å²) in [5.41, 5.74) is 3.32. The van der Waals surface area contributed by atoms with Gasteiger partial charge < -0.3 is 19.3 Å². The fourth-order valence-electron chi connectivity index (χ4n) is 5.37. The molecule has 1 saturated heterocycles. The molecule has 4 aromatic rings. The molecule has 9 nitrogen and oxygen atoms in total. The predicted octanol–water partition coefficient (Wildman–Crippen LogP) is 7.60. The van der Waals surface area contributed by atoms with E-state index in [0.29, 0.717) is 58.1 Å². The van der Waals surface area contributed by atoms with E-state index in [1.807, 2.05) is 31.2 Å². The number of aliphatic hydroxyl groups excluding tert-OH is 1. The zero-order valence-corrected chi connectivity index (χ0v) is 28.1. The van der Waals surface area contributed by atoms with Crippen molar-refractivity contribution in [1.29, 1.82) is 0 Å². The number of aliphatic hydroxyl groups is 1. The summed E-state index contributed by atoms with van der Waals surface area (Å²) in [6.07, 6.45) is 0.850. The summed E-state index contributed by atoms with van der Waals surface area (Å²) >= 11 is 1.03. The molecule has 47 heavy (non-hydrogen) atoms. The third-order valence-corrected chi connectivity index (χ3v) is 9.09. The van der Waals surface area contributed by atoms with Crippen LogP contribution >= 0.6 is 11.3 Å². The van der Waals surface area contributed by atoms with Gasteiger partial charge in [0, 0.05) is 12.5 Å². The normalized spacial score (nSPS) is 15.7. The maximum Gasteiger partial charge on any atom is 0.301 e. The smallest absolute Gasteiger partial charge is 0.301 e. The number of carbonyl (C=O) groups is 3. The van der Waals surface area contributed by atoms with E-state index < -0.39 is 17.7 Å². The molecule has 0 spiro atoms. The Morgan fingerprint density at radius 1 is 1.00 bits per heavy atom. The Balaban J connectivity index is 1.55. The highest BCUT2D eigenvalue weighted by Gasteiger charge is 2.48. The molecule has 5 rings (SSSR count). The van der Waals surface area contributed by atoms with Gasteiger partial charge in [-0.3, -0.25) is 19.3 Å². The Morgan fingerprint density at radius 2 is 1.74 bits per heavy atom. The lowest BCUT2D eigenvalue weighted by Gasteiger charge is -2.24. The van der Waals surface area contributed by atoms with E-state index in [9.17, 15) is 19.5 Å². The van der Waals surface area contributed by atoms with E-state index in [0.717, 1.165) is 28.9 Å². The van der Waals surface area contributed by atoms with Gasteiger partial charge in [0.1, 0.15) is 18.1 Å². The van der Waals surface area contributed by atoms with Crippen LogP contribution in [0.2, 0.25) is 0 Å². The largest absolute Gasteiger partial charge is 0.507 e. The summed E-state index contributed by atoms with van der Waals surface area (Å²) in [4.78, 5) is 45.8. The van der Waals surface area contributed by atoms with Crippen molar-refractivity contribution in [3.63, 3.8) is 0 Å². The van der Waals surface area contributed by atoms with Crippen LogP contribution in [0.4, 0.5) is 5.13 Å². The Hall–Kier alpha value is -4.96. The number of carbonyl (C=O) groups excluding carboxylic acids is 3. The van der Waals surface area contributed by atoms with Gasteiger partial charge in [0.05, 0.1) is 35.9 Å². The van der Waals surface area contributed by atoms with Crippen LogP contribution < -0.4 is 19.1 Å². The number of benzene rings is 3. The zero-order valence-electron chi connectivity index (χ0n) is 27.3. The summed E-state index contributed by atoms with van der Waals surface area (Å²) in [5, 5.41) is 11.8. The van der Waals surface area contributed by atoms with Crippen molar-refractivity contribution < 1.29 is 33.7 Å². The lowest BCUT2D eigenvalue weighted by molar-refractivity contribution is -0.132. The summed E-state index contributed by atoms with van der Waals surface area (Å²) in [7, 11) is 1.51. The molecular formula is C37H38N2O7S. The molecule has 1 aromatic heterocycles. The van der Waals surface area contributed by atoms with Crippen molar-refractivity contribution in [2.75, 3.05) is 18.6 Å². The van der Waals surface area contributed by atoms with Crippen molar-refractivity contribution in [3.05, 3.63) is 105 Å². The first-order valence-electron chi connectivity index (χ1n) is 15.4. The lowest BCUT2D eigenvalue weighted by atomic mass is 9.95. The van der Waals surface area contributed by atoms with E-state index in [1.54, 1.807) is 49.4 Å². The van der Waals surface area contributed by atoms with E-state index >= 15 is 0 Å². The van der Waals surface area contributed by atoms with Crippen LogP contribution in [0.25, 0.3) is 5.76 Å². The molecule has 1 unspecified atom stereocenters. The quantitative estimate of drug-likeness (QED) is 0.0719. The number of Topliss-reactive ketones (excluding diaryl/α,β-unsaturated/α-hetero) is 2. The molecule has 3 aromatic carbocycles. The minimum Gasteiger partial charge on any atom is -0.507 e. The van der Waals surface area contributed by atoms with Crippen LogP contribution in [0, 0.1) is 19.8 Å². The van der Waals surface area contributed by atoms with Crippen LogP contribution in [0.5, 0.6) is 17.2 Å². The van der Waals surface area contributed by atoms with Crippen molar-refractivity contribution in [1.82, 2.24) is 4.98 Å². The first-order chi connectivity index (χ1) is 22.5. The number of anilines is 1. The second-order valence-electron chi connectivity index (χ2n) is 11.9. The number of nitrogens with zero attached hydrogens (tertiary/aromatic N) is 2. The van der Waals surface area contributed by atoms with Crippen LogP contribution in [0.3, 0.4) is 0 Å². The number of ketones is 2. The number of amides is 1. The first kappa shape index (κ1) is 33.4. The van der Waals surface area contributed by atoms with Gasteiger partial charge >= 0.3 is 5.91 Å². The second-order valence-corrected chi connectivity index (χ2v) is 12.9. The topological polar surface area (TPSA) is 115 Å². The fourth-order valence-corrected chi connectivity index (χ4v) is 6.36. The number of hydrogen-bond donors (Lipinski definition) is 1. The van der Waals surface area contributed by atoms with Gasteiger partial charge in [-0.05, 0) is 73.7 Å². The van der Waals surface area contributed by atoms with E-state index in [1.165, 1.54) is 18.9 Å². The summed E-state index contributed by atoms with van der Waals surface area (Å²) < 4.78 is 17.5. The highest BCUT2D eigenvalue weighted by Crippen LogP contribution is 2.45. The Bertz CT molecular complexity index is 1840. The molecule has 1 aliphatic rings. The van der Waals surface area contributed by atoms with Gasteiger partial charge in [-0.1, -0.05) is 61.1 Å². The molecule has 1 aliphatic heterocycles. The highest BCUT2D eigenvalue weighted by atomic mass is 32.1. The Kier molecular flexibility index (Phi) is 10.1. The van der Waals surface area contributed by atoms with Crippen molar-refractivity contribution >= 4 is 39.7 Å². The lowest BCUT2D eigenvalue weighted by Crippen LogP contribution is -2.29. The maximum absolute atomic E-state index is 13.7. The maximum atomic E-state index is 13.7. The molecule has 2 heterocycles. The zero-order chi connectivity index (χ0) is 33.8. The third-order valence-electron chi connectivity index (χ3n) is 7.83. The standard InChI is InChI=1S/C37H38N2O7S/c1-21(2)16-17-45-29-15-12-27(19-30(29)44-6)32-31(34(42)36(43)39(32)37-38-23(4)35(47-37)24(5)40)33(41)26-10-13-28(14-11-26)46-20-25-9-7-8-22(3)18-25/h7-15,18-19,21,32,41H,16-17,20H2,1-6H3. The number of aryl methyl sites for hydroxylation is 2. The average Bonchev–Trinajstić information content (AvgIpc) is 3.56. The molecule has 0 bridgehead atoms. The van der Waals surface area contributed by atoms with Gasteiger partial charge in [-0.2, -0.15) is 0 Å². The molecule has 1 N–H and O–H groups in total. The van der Waals surface area contributed by atoms with Crippen LogP contribution in [0.15, 0.2) is 72.3 Å². The van der Waals surface area contributed by atoms with Gasteiger partial charge in [0.25, 0.3) is 5.78 Å². The van der Waals surface area contributed by atoms with Crippen LogP contribution in [-0.4, -0.2) is 41.3 Å². The van der Waals surface area contributed by atoms with E-state index in [4.69, 9.17) is 14.2 Å². The van der Waals surface area contributed by atoms with Crippen molar-refractivity contribution in [3.8, 4) is 17.2 Å². The average molecular weight is 655 g/mol. The Labute approximate surface area is 278 Å². The first-order valence-corrected chi connectivity index (χ1v) is 16.2. The van der Waals surface area contributed by atoms with Gasteiger partial charge in [-0.15, -0.1) is 0 Å². The molecule has 0 aliphatic carbocycles. The monoisotopic (exact) mass is 654 g/mol. The predicted molar refractivity (Wildman–Crippen MR) is 182 cm³/mol. The number of aromatic nitrogens is 1. The third kappa shape index (κ3) is 7.23. The van der Waals surface area contributed by atoms with Crippen LogP contribution in [0.1, 0.15) is 70.9 Å². The number of ether oxygens (including phenoxy) is 3.